The van der Waals surface area contributed by atoms with Crippen LogP contribution in [0, 0.1) is 5.92 Å². The van der Waals surface area contributed by atoms with Crippen molar-refractivity contribution in [2.24, 2.45) is 5.92 Å². The Morgan fingerprint density at radius 3 is 2.89 bits per heavy atom. The summed E-state index contributed by atoms with van der Waals surface area (Å²) in [6.07, 6.45) is 3.53. The summed E-state index contributed by atoms with van der Waals surface area (Å²) in [5.74, 6) is -0.0327. The van der Waals surface area contributed by atoms with Crippen molar-refractivity contribution in [2.45, 2.75) is 30.3 Å². The van der Waals surface area contributed by atoms with Crippen molar-refractivity contribution in [1.82, 2.24) is 9.71 Å². The van der Waals surface area contributed by atoms with Gasteiger partial charge in [0.25, 0.3) is 0 Å². The Hall–Kier alpha value is -1.18. The van der Waals surface area contributed by atoms with Gasteiger partial charge in [-0.15, -0.1) is 0 Å². The maximum Gasteiger partial charge on any atom is 0.244 e. The summed E-state index contributed by atoms with van der Waals surface area (Å²) in [6, 6.07) is 2.94. The fourth-order valence-electron chi connectivity index (χ4n) is 2.18. The van der Waals surface area contributed by atoms with E-state index >= 15 is 0 Å². The van der Waals surface area contributed by atoms with E-state index in [1.54, 1.807) is 0 Å². The Balaban J connectivity index is 2.06. The number of sulfonamides is 1. The summed E-state index contributed by atoms with van der Waals surface area (Å²) in [7, 11) is -3.65. The molecular weight excluding hydrogens is 254 g/mol. The normalized spacial score (nSPS) is 24.3. The lowest BCUT2D eigenvalue weighted by Crippen LogP contribution is -2.32. The molecule has 2 atom stereocenters. The number of nitrogens with two attached hydrogens (primary N) is 1. The molecule has 6 nitrogen and oxygen atoms in total. The van der Waals surface area contributed by atoms with Gasteiger partial charge in [-0.2, -0.15) is 0 Å². The largest absolute Gasteiger partial charge is 0.393 e. The number of nitrogens with one attached hydrogen (secondary N) is 1. The molecule has 18 heavy (non-hydrogen) atoms. The Morgan fingerprint density at radius 2 is 2.28 bits per heavy atom. The fraction of sp³-hybridized carbons (Fsp3) is 0.545. The highest BCUT2D eigenvalue weighted by Crippen LogP contribution is 2.25. The smallest absolute Gasteiger partial charge is 0.244 e. The highest BCUT2D eigenvalue weighted by Gasteiger charge is 2.27. The van der Waals surface area contributed by atoms with Crippen LogP contribution in [-0.4, -0.2) is 31.2 Å². The monoisotopic (exact) mass is 271 g/mol. The van der Waals surface area contributed by atoms with E-state index in [0.717, 1.165) is 19.3 Å². The number of rotatable bonds is 4. The standard InChI is InChI=1S/C11H17N3O3S/c12-11-10(5-2-6-13-11)18(16,17)14-7-8-3-1-4-9(8)15/h2,5-6,8-9,14-15H,1,3-4,7H2,(H2,12,13). The van der Waals surface area contributed by atoms with Crippen molar-refractivity contribution >= 4 is 15.8 Å². The molecule has 7 heteroatoms. The SMILES string of the molecule is Nc1ncccc1S(=O)(=O)NCC1CCCC1O. The minimum Gasteiger partial charge on any atom is -0.393 e. The van der Waals surface area contributed by atoms with Crippen LogP contribution >= 0.6 is 0 Å². The van der Waals surface area contributed by atoms with Crippen molar-refractivity contribution in [3.05, 3.63) is 18.3 Å². The van der Waals surface area contributed by atoms with Gasteiger partial charge in [0.15, 0.2) is 0 Å². The molecule has 0 saturated heterocycles. The number of hydrogen-bond donors (Lipinski definition) is 3. The number of aliphatic hydroxyl groups excluding tert-OH is 1. The number of nitrogens with zero attached hydrogens (tertiary/aromatic N) is 1. The van der Waals surface area contributed by atoms with E-state index < -0.39 is 16.1 Å². The summed E-state index contributed by atoms with van der Waals surface area (Å²) in [5.41, 5.74) is 5.54. The van der Waals surface area contributed by atoms with Crippen molar-refractivity contribution in [2.75, 3.05) is 12.3 Å². The van der Waals surface area contributed by atoms with E-state index in [1.807, 2.05) is 0 Å². The number of nitrogen functional groups attached to an aromatic ring is 1. The zero-order valence-electron chi connectivity index (χ0n) is 9.91. The van der Waals surface area contributed by atoms with Crippen LogP contribution < -0.4 is 10.5 Å². The molecule has 2 rings (SSSR count). The molecule has 0 amide bonds. The van der Waals surface area contributed by atoms with Gasteiger partial charge >= 0.3 is 0 Å². The lowest BCUT2D eigenvalue weighted by molar-refractivity contribution is 0.134. The molecule has 100 valence electrons. The number of anilines is 1. The Morgan fingerprint density at radius 1 is 1.50 bits per heavy atom. The second-order valence-corrected chi connectivity index (χ2v) is 6.23. The second kappa shape index (κ2) is 5.21. The van der Waals surface area contributed by atoms with Crippen LogP contribution in [0.1, 0.15) is 19.3 Å². The highest BCUT2D eigenvalue weighted by atomic mass is 32.2. The summed E-state index contributed by atoms with van der Waals surface area (Å²) in [6.45, 7) is 0.234. The van der Waals surface area contributed by atoms with Gasteiger partial charge < -0.3 is 10.8 Å². The molecule has 4 N–H and O–H groups in total. The van der Waals surface area contributed by atoms with Crippen LogP contribution in [0.3, 0.4) is 0 Å². The second-order valence-electron chi connectivity index (χ2n) is 4.50. The molecule has 0 aromatic carbocycles. The topological polar surface area (TPSA) is 105 Å². The van der Waals surface area contributed by atoms with Crippen LogP contribution in [0.25, 0.3) is 0 Å². The van der Waals surface area contributed by atoms with Gasteiger partial charge in [0, 0.05) is 12.7 Å². The van der Waals surface area contributed by atoms with Crippen molar-refractivity contribution in [3.8, 4) is 0 Å². The van der Waals surface area contributed by atoms with Crippen molar-refractivity contribution in [1.29, 1.82) is 0 Å². The van der Waals surface area contributed by atoms with E-state index in [0.29, 0.717) is 0 Å². The molecule has 0 radical (unpaired) electrons. The van der Waals surface area contributed by atoms with Gasteiger partial charge in [-0.05, 0) is 30.9 Å². The quantitative estimate of drug-likeness (QED) is 0.720. The minimum atomic E-state index is -3.65. The molecule has 1 heterocycles. The maximum absolute atomic E-state index is 12.0. The number of aliphatic hydroxyl groups is 1. The predicted molar refractivity (Wildman–Crippen MR) is 67.2 cm³/mol. The van der Waals surface area contributed by atoms with Crippen LogP contribution in [0.2, 0.25) is 0 Å². The van der Waals surface area contributed by atoms with Gasteiger partial charge in [-0.25, -0.2) is 18.1 Å². The molecule has 1 aliphatic carbocycles. The predicted octanol–water partition coefficient (Wildman–Crippen LogP) is 0.103. The number of pyridine rings is 1. The van der Waals surface area contributed by atoms with Gasteiger partial charge in [0.05, 0.1) is 6.10 Å². The summed E-state index contributed by atoms with van der Waals surface area (Å²) >= 11 is 0. The van der Waals surface area contributed by atoms with Gasteiger partial charge in [0.1, 0.15) is 10.7 Å². The maximum atomic E-state index is 12.0. The molecule has 2 unspecified atom stereocenters. The van der Waals surface area contributed by atoms with Crippen molar-refractivity contribution < 1.29 is 13.5 Å². The minimum absolute atomic E-state index is 0.0160. The average Bonchev–Trinajstić information content (AvgIpc) is 2.73. The zero-order chi connectivity index (χ0) is 13.2. The van der Waals surface area contributed by atoms with Gasteiger partial charge in [0.2, 0.25) is 10.0 Å². The van der Waals surface area contributed by atoms with Crippen LogP contribution in [-0.2, 0) is 10.0 Å². The van der Waals surface area contributed by atoms with Crippen LogP contribution in [0.5, 0.6) is 0 Å². The van der Waals surface area contributed by atoms with Crippen molar-refractivity contribution in [3.63, 3.8) is 0 Å². The average molecular weight is 271 g/mol. The van der Waals surface area contributed by atoms with E-state index in [-0.39, 0.29) is 23.2 Å². The molecule has 1 aliphatic rings. The Bertz CT molecular complexity index is 518. The zero-order valence-corrected chi connectivity index (χ0v) is 10.7. The molecule has 1 saturated carbocycles. The Kier molecular flexibility index (Phi) is 3.84. The highest BCUT2D eigenvalue weighted by molar-refractivity contribution is 7.89. The summed E-state index contributed by atoms with van der Waals surface area (Å²) < 4.78 is 26.5. The number of aromatic nitrogens is 1. The van der Waals surface area contributed by atoms with Gasteiger partial charge in [-0.1, -0.05) is 6.42 Å². The lowest BCUT2D eigenvalue weighted by atomic mass is 10.1. The Labute approximate surface area is 106 Å². The first-order chi connectivity index (χ1) is 8.50. The first-order valence-corrected chi connectivity index (χ1v) is 7.37. The third-order valence-corrected chi connectivity index (χ3v) is 4.71. The van der Waals surface area contributed by atoms with Crippen LogP contribution in [0.4, 0.5) is 5.82 Å². The molecule has 1 aromatic heterocycles. The molecule has 1 aromatic rings. The van der Waals surface area contributed by atoms with E-state index in [9.17, 15) is 13.5 Å². The third kappa shape index (κ3) is 2.80. The van der Waals surface area contributed by atoms with E-state index in [1.165, 1.54) is 18.3 Å². The third-order valence-electron chi connectivity index (χ3n) is 3.24. The van der Waals surface area contributed by atoms with Gasteiger partial charge in [-0.3, -0.25) is 0 Å². The number of hydrogen-bond acceptors (Lipinski definition) is 5. The molecule has 1 fully saturated rings. The molecular formula is C11H17N3O3S. The molecule has 0 spiro atoms. The van der Waals surface area contributed by atoms with Crippen LogP contribution in [0.15, 0.2) is 23.2 Å². The molecule has 0 bridgehead atoms. The molecule has 0 aliphatic heterocycles. The first-order valence-electron chi connectivity index (χ1n) is 5.89. The fourth-order valence-corrected chi connectivity index (χ4v) is 3.35. The van der Waals surface area contributed by atoms with E-state index in [2.05, 4.69) is 9.71 Å². The lowest BCUT2D eigenvalue weighted by Gasteiger charge is -2.15. The first kappa shape index (κ1) is 13.3. The summed E-state index contributed by atoms with van der Waals surface area (Å²) in [5, 5.41) is 9.64. The van der Waals surface area contributed by atoms with E-state index in [4.69, 9.17) is 5.73 Å². The summed E-state index contributed by atoms with van der Waals surface area (Å²) in [4.78, 5) is 3.73.